The lowest BCUT2D eigenvalue weighted by Gasteiger charge is -2.39. The zero-order valence-corrected chi connectivity index (χ0v) is 9.45. The smallest absolute Gasteiger partial charge is 0.0493 e. The number of aliphatic hydroxyl groups is 1. The van der Waals surface area contributed by atoms with Crippen LogP contribution in [0.5, 0.6) is 0 Å². The largest absolute Gasteiger partial charge is 0.396 e. The van der Waals surface area contributed by atoms with Crippen LogP contribution < -0.4 is 0 Å². The van der Waals surface area contributed by atoms with Crippen LogP contribution in [-0.2, 0) is 0 Å². The van der Waals surface area contributed by atoms with E-state index in [1.54, 1.807) is 0 Å². The lowest BCUT2D eigenvalue weighted by Crippen LogP contribution is -2.37. The minimum atomic E-state index is 0.0214. The second-order valence-corrected chi connectivity index (χ2v) is 4.85. The average Bonchev–Trinajstić information content (AvgIpc) is 2.31. The van der Waals surface area contributed by atoms with E-state index in [-0.39, 0.29) is 17.4 Å². The highest BCUT2D eigenvalue weighted by Gasteiger charge is 2.49. The molecule has 2 atom stereocenters. The van der Waals surface area contributed by atoms with Crippen molar-refractivity contribution in [2.24, 2.45) is 10.8 Å². The maximum atomic E-state index is 9.35. The van der Waals surface area contributed by atoms with Gasteiger partial charge in [-0.1, -0.05) is 41.9 Å². The van der Waals surface area contributed by atoms with Gasteiger partial charge in [0.25, 0.3) is 0 Å². The van der Waals surface area contributed by atoms with Crippen LogP contribution in [0, 0.1) is 10.8 Å². The molecular weight excluding hydrogens is 216 g/mol. The predicted molar refractivity (Wildman–Crippen MR) is 55.5 cm³/mol. The molecule has 2 heteroatoms. The van der Waals surface area contributed by atoms with Gasteiger partial charge in [0.2, 0.25) is 0 Å². The van der Waals surface area contributed by atoms with Crippen LogP contribution in [0.15, 0.2) is 12.2 Å². The second kappa shape index (κ2) is 3.15. The predicted octanol–water partition coefficient (Wildman–Crippen LogP) is 2.74. The number of allylic oxidation sites excluding steroid dienone is 1. The summed E-state index contributed by atoms with van der Waals surface area (Å²) in [6.07, 6.45) is 2.11. The molecule has 1 rings (SSSR count). The molecule has 0 aromatic rings. The van der Waals surface area contributed by atoms with Crippen LogP contribution in [-0.4, -0.2) is 17.0 Å². The van der Waals surface area contributed by atoms with Gasteiger partial charge in [-0.2, -0.15) is 0 Å². The first kappa shape index (κ1) is 10.3. The Morgan fingerprint density at radius 2 is 2.17 bits per heavy atom. The maximum Gasteiger partial charge on any atom is 0.0493 e. The van der Waals surface area contributed by atoms with E-state index in [2.05, 4.69) is 36.4 Å². The van der Waals surface area contributed by atoms with E-state index in [4.69, 9.17) is 0 Å². The summed E-state index contributed by atoms with van der Waals surface area (Å²) < 4.78 is 0. The molecule has 0 bridgehead atoms. The normalized spacial score (nSPS) is 42.2. The fraction of sp³-hybridized carbons (Fsp3) is 0.800. The molecule has 1 saturated carbocycles. The van der Waals surface area contributed by atoms with Gasteiger partial charge >= 0.3 is 0 Å². The van der Waals surface area contributed by atoms with Crippen LogP contribution in [0.1, 0.15) is 26.7 Å². The molecule has 12 heavy (non-hydrogen) atoms. The van der Waals surface area contributed by atoms with Crippen molar-refractivity contribution in [2.75, 3.05) is 11.9 Å². The highest BCUT2D eigenvalue weighted by molar-refractivity contribution is 9.09. The molecule has 0 amide bonds. The maximum absolute atomic E-state index is 9.35. The van der Waals surface area contributed by atoms with Gasteiger partial charge in [0.05, 0.1) is 0 Å². The molecule has 0 aromatic heterocycles. The van der Waals surface area contributed by atoms with Crippen molar-refractivity contribution in [3.8, 4) is 0 Å². The standard InChI is InChI=1S/C10H17BrO/c1-8-4-5-9(2,7-12)10(8,3)6-11/h12H,1,4-7H2,2-3H3/t9-,10-/m0/s1. The molecule has 70 valence electrons. The summed E-state index contributed by atoms with van der Waals surface area (Å²) in [4.78, 5) is 0. The van der Waals surface area contributed by atoms with E-state index in [0.717, 1.165) is 18.2 Å². The molecule has 0 radical (unpaired) electrons. The van der Waals surface area contributed by atoms with Crippen molar-refractivity contribution in [3.05, 3.63) is 12.2 Å². The number of halogens is 1. The summed E-state index contributed by atoms with van der Waals surface area (Å²) in [5.74, 6) is 0. The molecule has 0 unspecified atom stereocenters. The molecule has 1 N–H and O–H groups in total. The average molecular weight is 233 g/mol. The quantitative estimate of drug-likeness (QED) is 0.574. The van der Waals surface area contributed by atoms with Gasteiger partial charge in [0.1, 0.15) is 0 Å². The molecule has 0 aliphatic heterocycles. The summed E-state index contributed by atoms with van der Waals surface area (Å²) in [6, 6.07) is 0. The number of aliphatic hydroxyl groups excluding tert-OH is 1. The van der Waals surface area contributed by atoms with Crippen LogP contribution >= 0.6 is 15.9 Å². The van der Waals surface area contributed by atoms with Crippen LogP contribution in [0.25, 0.3) is 0 Å². The highest BCUT2D eigenvalue weighted by atomic mass is 79.9. The molecule has 0 aromatic carbocycles. The van der Waals surface area contributed by atoms with Crippen LogP contribution in [0.3, 0.4) is 0 Å². The fourth-order valence-corrected chi connectivity index (χ4v) is 2.99. The Morgan fingerprint density at radius 3 is 2.50 bits per heavy atom. The molecule has 1 aliphatic carbocycles. The van der Waals surface area contributed by atoms with Gasteiger partial charge in [0, 0.05) is 22.8 Å². The second-order valence-electron chi connectivity index (χ2n) is 4.29. The van der Waals surface area contributed by atoms with Crippen LogP contribution in [0.2, 0.25) is 0 Å². The van der Waals surface area contributed by atoms with Gasteiger partial charge in [-0.15, -0.1) is 0 Å². The number of hydrogen-bond donors (Lipinski definition) is 1. The van der Waals surface area contributed by atoms with Crippen molar-refractivity contribution < 1.29 is 5.11 Å². The third-order valence-corrected chi connectivity index (χ3v) is 4.83. The summed E-state index contributed by atoms with van der Waals surface area (Å²) in [5, 5.41) is 10.2. The zero-order chi connectivity index (χ0) is 9.41. The molecule has 1 nitrogen and oxygen atoms in total. The lowest BCUT2D eigenvalue weighted by atomic mass is 9.68. The first-order chi connectivity index (χ1) is 5.50. The first-order valence-corrected chi connectivity index (χ1v) is 5.47. The van der Waals surface area contributed by atoms with E-state index >= 15 is 0 Å². The molecule has 0 heterocycles. The van der Waals surface area contributed by atoms with Gasteiger partial charge in [-0.05, 0) is 12.8 Å². The van der Waals surface area contributed by atoms with E-state index in [1.807, 2.05) is 0 Å². The Bertz CT molecular complexity index is 202. The number of hydrogen-bond acceptors (Lipinski definition) is 1. The Kier molecular flexibility index (Phi) is 2.69. The molecule has 0 spiro atoms. The molecule has 0 saturated heterocycles. The Hall–Kier alpha value is 0.180. The van der Waals surface area contributed by atoms with Gasteiger partial charge < -0.3 is 5.11 Å². The van der Waals surface area contributed by atoms with E-state index < -0.39 is 0 Å². The SMILES string of the molecule is C=C1CC[C@@](C)(CO)[C@@]1(C)CBr. The van der Waals surface area contributed by atoms with E-state index in [1.165, 1.54) is 5.57 Å². The fourth-order valence-electron chi connectivity index (χ4n) is 1.91. The van der Waals surface area contributed by atoms with Crippen molar-refractivity contribution in [1.29, 1.82) is 0 Å². The van der Waals surface area contributed by atoms with E-state index in [9.17, 15) is 5.11 Å². The van der Waals surface area contributed by atoms with Crippen molar-refractivity contribution in [3.63, 3.8) is 0 Å². The van der Waals surface area contributed by atoms with Gasteiger partial charge in [-0.3, -0.25) is 0 Å². The molecule has 1 aliphatic rings. The Balaban J connectivity index is 2.99. The minimum Gasteiger partial charge on any atom is -0.396 e. The topological polar surface area (TPSA) is 20.2 Å². The minimum absolute atomic E-state index is 0.0214. The van der Waals surface area contributed by atoms with Crippen LogP contribution in [0.4, 0.5) is 0 Å². The van der Waals surface area contributed by atoms with Crippen molar-refractivity contribution >= 4 is 15.9 Å². The zero-order valence-electron chi connectivity index (χ0n) is 7.86. The summed E-state index contributed by atoms with van der Waals surface area (Å²) in [5.41, 5.74) is 1.37. The first-order valence-electron chi connectivity index (χ1n) is 4.35. The van der Waals surface area contributed by atoms with Gasteiger partial charge in [-0.25, -0.2) is 0 Å². The number of alkyl halides is 1. The van der Waals surface area contributed by atoms with Crippen molar-refractivity contribution in [2.45, 2.75) is 26.7 Å². The summed E-state index contributed by atoms with van der Waals surface area (Å²) in [6.45, 7) is 8.67. The van der Waals surface area contributed by atoms with Gasteiger partial charge in [0.15, 0.2) is 0 Å². The monoisotopic (exact) mass is 232 g/mol. The third kappa shape index (κ3) is 1.16. The third-order valence-electron chi connectivity index (χ3n) is 3.71. The summed E-state index contributed by atoms with van der Waals surface area (Å²) >= 11 is 3.52. The molecule has 1 fully saturated rings. The van der Waals surface area contributed by atoms with Crippen molar-refractivity contribution in [1.82, 2.24) is 0 Å². The number of rotatable bonds is 2. The Labute approximate surface area is 83.0 Å². The summed E-state index contributed by atoms with van der Waals surface area (Å²) in [7, 11) is 0. The lowest BCUT2D eigenvalue weighted by molar-refractivity contribution is 0.0690. The highest BCUT2D eigenvalue weighted by Crippen LogP contribution is 2.55. The molecular formula is C10H17BrO. The Morgan fingerprint density at radius 1 is 1.58 bits per heavy atom. The van der Waals surface area contributed by atoms with E-state index in [0.29, 0.717) is 0 Å².